The van der Waals surface area contributed by atoms with Crippen molar-refractivity contribution in [2.24, 2.45) is 5.73 Å². The first-order valence-electron chi connectivity index (χ1n) is 4.43. The van der Waals surface area contributed by atoms with Gasteiger partial charge in [0.1, 0.15) is 0 Å². The minimum atomic E-state index is -1.93. The monoisotopic (exact) mass is 206 g/mol. The lowest BCUT2D eigenvalue weighted by atomic mass is 9.88. The maximum absolute atomic E-state index is 11.8. The Kier molecular flexibility index (Phi) is 3.21. The second-order valence-corrected chi connectivity index (χ2v) is 3.22. The number of aliphatic carboxylic acids is 1. The van der Waals surface area contributed by atoms with Gasteiger partial charge in [0.25, 0.3) is 0 Å². The molecule has 1 radical (unpaired) electrons. The van der Waals surface area contributed by atoms with E-state index in [-0.39, 0.29) is 12.0 Å². The zero-order valence-electron chi connectivity index (χ0n) is 8.14. The highest BCUT2D eigenvalue weighted by molar-refractivity contribution is 6.15. The first-order valence-corrected chi connectivity index (χ1v) is 4.43. The number of nitrogens with two attached hydrogens (primary N) is 1. The molecule has 0 saturated heterocycles. The van der Waals surface area contributed by atoms with Crippen LogP contribution in [0.5, 0.6) is 0 Å². The van der Waals surface area contributed by atoms with Gasteiger partial charge in [-0.1, -0.05) is 37.3 Å². The molecule has 1 rings (SSSR count). The van der Waals surface area contributed by atoms with Crippen LogP contribution in [0.4, 0.5) is 0 Å². The van der Waals surface area contributed by atoms with Crippen molar-refractivity contribution in [3.8, 4) is 0 Å². The fourth-order valence-electron chi connectivity index (χ4n) is 1.16. The van der Waals surface area contributed by atoms with Crippen LogP contribution in [0.25, 0.3) is 0 Å². The number of hydrogen-bond acceptors (Lipinski definition) is 3. The number of rotatable bonds is 4. The third-order valence-electron chi connectivity index (χ3n) is 2.22. The molecule has 0 bridgehead atoms. The molecule has 79 valence electrons. The number of carboxylic acid groups (broad SMARTS) is 1. The lowest BCUT2D eigenvalue weighted by Crippen LogP contribution is -2.54. The Hall–Kier alpha value is -1.68. The Balaban J connectivity index is 3.08. The van der Waals surface area contributed by atoms with Gasteiger partial charge in [-0.25, -0.2) is 4.79 Å². The maximum atomic E-state index is 11.8. The topological polar surface area (TPSA) is 80.4 Å². The predicted molar refractivity (Wildman–Crippen MR) is 55.3 cm³/mol. The van der Waals surface area contributed by atoms with Gasteiger partial charge in [0.2, 0.25) is 0 Å². The van der Waals surface area contributed by atoms with Crippen molar-refractivity contribution in [2.45, 2.75) is 12.0 Å². The Bertz CT molecular complexity index is 375. The van der Waals surface area contributed by atoms with E-state index in [9.17, 15) is 9.59 Å². The van der Waals surface area contributed by atoms with Gasteiger partial charge < -0.3 is 10.8 Å². The van der Waals surface area contributed by atoms with Crippen LogP contribution in [0.3, 0.4) is 0 Å². The Labute approximate surface area is 87.7 Å². The van der Waals surface area contributed by atoms with Gasteiger partial charge in [-0.15, -0.1) is 0 Å². The molecule has 1 aromatic carbocycles. The highest BCUT2D eigenvalue weighted by atomic mass is 16.4. The van der Waals surface area contributed by atoms with Crippen LogP contribution in [0.2, 0.25) is 0 Å². The summed E-state index contributed by atoms with van der Waals surface area (Å²) in [7, 11) is 0. The molecular weight excluding hydrogens is 194 g/mol. The SMILES string of the molecule is [CH2]CC(N)(C(=O)O)C(=O)c1ccccc1. The molecule has 0 spiro atoms. The number of Topliss-reactive ketones (excluding diaryl/α,β-unsaturated/α-hetero) is 1. The standard InChI is InChI=1S/C11H12NO3/c1-2-11(12,10(14)15)9(13)8-6-4-3-5-7-8/h3-7H,1-2,12H2,(H,14,15). The molecule has 0 aromatic heterocycles. The lowest BCUT2D eigenvalue weighted by molar-refractivity contribution is -0.141. The van der Waals surface area contributed by atoms with E-state index in [1.807, 2.05) is 0 Å². The summed E-state index contributed by atoms with van der Waals surface area (Å²) in [6.45, 7) is 3.40. The molecule has 0 amide bonds. The van der Waals surface area contributed by atoms with Crippen LogP contribution >= 0.6 is 0 Å². The number of carboxylic acids is 1. The maximum Gasteiger partial charge on any atom is 0.331 e. The molecule has 0 heterocycles. The summed E-state index contributed by atoms with van der Waals surface area (Å²) in [5, 5.41) is 8.88. The first-order chi connectivity index (χ1) is 7.02. The minimum Gasteiger partial charge on any atom is -0.480 e. The Morgan fingerprint density at radius 2 is 1.87 bits per heavy atom. The van der Waals surface area contributed by atoms with Gasteiger partial charge in [0, 0.05) is 5.56 Å². The van der Waals surface area contributed by atoms with E-state index in [2.05, 4.69) is 6.92 Å². The van der Waals surface area contributed by atoms with Crippen LogP contribution in [0.15, 0.2) is 30.3 Å². The summed E-state index contributed by atoms with van der Waals surface area (Å²) >= 11 is 0. The van der Waals surface area contributed by atoms with Crippen molar-refractivity contribution in [3.05, 3.63) is 42.8 Å². The number of carbonyl (C=O) groups excluding carboxylic acids is 1. The summed E-state index contributed by atoms with van der Waals surface area (Å²) in [4.78, 5) is 22.7. The molecule has 1 atom stereocenters. The molecule has 0 fully saturated rings. The van der Waals surface area contributed by atoms with E-state index in [1.54, 1.807) is 18.2 Å². The van der Waals surface area contributed by atoms with Gasteiger partial charge in [-0.05, 0) is 6.42 Å². The van der Waals surface area contributed by atoms with E-state index in [0.717, 1.165) is 0 Å². The summed E-state index contributed by atoms with van der Waals surface area (Å²) in [5.74, 6) is -1.98. The molecule has 3 N–H and O–H groups in total. The lowest BCUT2D eigenvalue weighted by Gasteiger charge is -2.20. The van der Waals surface area contributed by atoms with E-state index in [4.69, 9.17) is 10.8 Å². The average molecular weight is 206 g/mol. The third-order valence-corrected chi connectivity index (χ3v) is 2.22. The Morgan fingerprint density at radius 1 is 1.33 bits per heavy atom. The normalized spacial score (nSPS) is 14.3. The first kappa shape index (κ1) is 11.4. The molecule has 4 heteroatoms. The van der Waals surface area contributed by atoms with Crippen LogP contribution in [-0.2, 0) is 4.79 Å². The zero-order valence-corrected chi connectivity index (χ0v) is 8.14. The van der Waals surface area contributed by atoms with E-state index in [0.29, 0.717) is 0 Å². The smallest absolute Gasteiger partial charge is 0.331 e. The van der Waals surface area contributed by atoms with Crippen LogP contribution in [-0.4, -0.2) is 22.4 Å². The zero-order chi connectivity index (χ0) is 11.5. The van der Waals surface area contributed by atoms with Crippen molar-refractivity contribution in [2.75, 3.05) is 0 Å². The number of ketones is 1. The average Bonchev–Trinajstić information content (AvgIpc) is 2.28. The molecule has 1 aromatic rings. The predicted octanol–water partition coefficient (Wildman–Crippen LogP) is 0.876. The highest BCUT2D eigenvalue weighted by Crippen LogP contribution is 2.14. The van der Waals surface area contributed by atoms with E-state index < -0.39 is 17.3 Å². The quantitative estimate of drug-likeness (QED) is 0.566. The summed E-state index contributed by atoms with van der Waals surface area (Å²) in [5.41, 5.74) is 3.86. The molecule has 0 aliphatic carbocycles. The molecule has 15 heavy (non-hydrogen) atoms. The summed E-state index contributed by atoms with van der Waals surface area (Å²) < 4.78 is 0. The molecule has 0 saturated carbocycles. The van der Waals surface area contributed by atoms with Gasteiger partial charge >= 0.3 is 5.97 Å². The second kappa shape index (κ2) is 4.23. The second-order valence-electron chi connectivity index (χ2n) is 3.22. The number of carbonyl (C=O) groups is 2. The molecule has 1 unspecified atom stereocenters. The van der Waals surface area contributed by atoms with E-state index >= 15 is 0 Å². The van der Waals surface area contributed by atoms with Gasteiger partial charge in [-0.2, -0.15) is 0 Å². The van der Waals surface area contributed by atoms with Crippen molar-refractivity contribution in [3.63, 3.8) is 0 Å². The Morgan fingerprint density at radius 3 is 2.27 bits per heavy atom. The molecule has 0 aliphatic heterocycles. The summed E-state index contributed by atoms with van der Waals surface area (Å²) in [6, 6.07) is 8.10. The fraction of sp³-hybridized carbons (Fsp3) is 0.182. The van der Waals surface area contributed by atoms with Crippen molar-refractivity contribution in [1.82, 2.24) is 0 Å². The van der Waals surface area contributed by atoms with E-state index in [1.165, 1.54) is 12.1 Å². The minimum absolute atomic E-state index is 0.184. The van der Waals surface area contributed by atoms with Crippen LogP contribution < -0.4 is 5.73 Å². The molecule has 4 nitrogen and oxygen atoms in total. The van der Waals surface area contributed by atoms with Crippen molar-refractivity contribution < 1.29 is 14.7 Å². The highest BCUT2D eigenvalue weighted by Gasteiger charge is 2.40. The van der Waals surface area contributed by atoms with Crippen LogP contribution in [0, 0.1) is 6.92 Å². The van der Waals surface area contributed by atoms with Gasteiger partial charge in [-0.3, -0.25) is 4.79 Å². The number of benzene rings is 1. The van der Waals surface area contributed by atoms with Crippen molar-refractivity contribution >= 4 is 11.8 Å². The largest absolute Gasteiger partial charge is 0.480 e. The van der Waals surface area contributed by atoms with Gasteiger partial charge in [0.05, 0.1) is 0 Å². The van der Waals surface area contributed by atoms with Crippen LogP contribution in [0.1, 0.15) is 16.8 Å². The summed E-state index contributed by atoms with van der Waals surface area (Å²) in [6.07, 6.45) is -0.184. The third kappa shape index (κ3) is 2.05. The number of hydrogen-bond donors (Lipinski definition) is 2. The fourth-order valence-corrected chi connectivity index (χ4v) is 1.16. The molecular formula is C11H12NO3. The van der Waals surface area contributed by atoms with Gasteiger partial charge in [0.15, 0.2) is 11.3 Å². The molecule has 0 aliphatic rings. The van der Waals surface area contributed by atoms with Crippen molar-refractivity contribution in [1.29, 1.82) is 0 Å².